The van der Waals surface area contributed by atoms with E-state index in [-0.39, 0.29) is 59.7 Å². The number of nitrogens with zero attached hydrogens (tertiary/aromatic N) is 7. The molecule has 10 bridgehead atoms. The number of rotatable bonds is 12. The number of benzene rings is 1. The van der Waals surface area contributed by atoms with Crippen molar-refractivity contribution in [3.63, 3.8) is 0 Å². The van der Waals surface area contributed by atoms with Crippen LogP contribution in [0.25, 0.3) is 42.5 Å². The number of ether oxygens (including phenoxy) is 1. The predicted molar refractivity (Wildman–Crippen MR) is 302 cm³/mol. The van der Waals surface area contributed by atoms with Crippen LogP contribution in [0.15, 0.2) is 64.8 Å². The van der Waals surface area contributed by atoms with Crippen molar-refractivity contribution < 1.29 is 48.5 Å². The van der Waals surface area contributed by atoms with E-state index >= 15 is 0 Å². The van der Waals surface area contributed by atoms with E-state index in [9.17, 15) is 38.7 Å². The third-order valence-electron chi connectivity index (χ3n) is 12.1. The lowest BCUT2D eigenvalue weighted by Gasteiger charge is -2.23. The van der Waals surface area contributed by atoms with Crippen LogP contribution in [0.2, 0.25) is 0 Å². The molecule has 0 unspecified atom stereocenters. The zero-order valence-corrected chi connectivity index (χ0v) is 47.9. The molecular formula is C51H49N13O10S6. The van der Waals surface area contributed by atoms with Crippen molar-refractivity contribution in [2.45, 2.75) is 70.9 Å². The molecule has 1 aliphatic rings. The Balaban J connectivity index is 1.12. The molecule has 0 radical (unpaired) electrons. The van der Waals surface area contributed by atoms with Crippen LogP contribution in [0.5, 0.6) is 0 Å². The molecule has 29 heteroatoms. The molecule has 8 heterocycles. The van der Waals surface area contributed by atoms with Gasteiger partial charge in [0.05, 0.1) is 59.2 Å². The molecule has 0 fully saturated rings. The zero-order valence-electron chi connectivity index (χ0n) is 43.0. The second kappa shape index (κ2) is 25.2. The first-order valence-corrected chi connectivity index (χ1v) is 29.5. The van der Waals surface area contributed by atoms with E-state index in [1.165, 1.54) is 48.2 Å². The molecule has 7 aromatic heterocycles. The number of aromatic nitrogens is 7. The first-order valence-electron chi connectivity index (χ1n) is 24.4. The van der Waals surface area contributed by atoms with E-state index < -0.39 is 72.2 Å². The fraction of sp³-hybridized carbons (Fsp3) is 0.294. The molecule has 8 N–H and O–H groups in total. The number of aryl methyl sites for hydroxylation is 1. The summed E-state index contributed by atoms with van der Waals surface area (Å²) in [5, 5.41) is 44.8. The predicted octanol–water partition coefficient (Wildman–Crippen LogP) is 7.12. The monoisotopic (exact) mass is 1200 g/mol. The summed E-state index contributed by atoms with van der Waals surface area (Å²) in [5.41, 5.74) is 2.28. The van der Waals surface area contributed by atoms with Gasteiger partial charge in [-0.25, -0.2) is 34.9 Å². The minimum Gasteiger partial charge on any atom is -0.481 e. The van der Waals surface area contributed by atoms with Gasteiger partial charge in [-0.3, -0.25) is 33.6 Å². The Hall–Kier alpha value is -7.64. The first kappa shape index (κ1) is 57.1. The second-order valence-electron chi connectivity index (χ2n) is 18.1. The van der Waals surface area contributed by atoms with E-state index in [0.717, 1.165) is 34.0 Å². The summed E-state index contributed by atoms with van der Waals surface area (Å²) in [6.45, 7) is 4.93. The van der Waals surface area contributed by atoms with E-state index in [1.807, 2.05) is 13.8 Å². The van der Waals surface area contributed by atoms with Crippen molar-refractivity contribution in [3.8, 4) is 42.5 Å². The number of pyridine rings is 1. The number of amides is 6. The van der Waals surface area contributed by atoms with Gasteiger partial charge >= 0.3 is 5.97 Å². The van der Waals surface area contributed by atoms with Crippen molar-refractivity contribution in [2.75, 3.05) is 26.0 Å². The van der Waals surface area contributed by atoms with Gasteiger partial charge in [0, 0.05) is 53.4 Å². The highest BCUT2D eigenvalue weighted by Crippen LogP contribution is 2.41. The Morgan fingerprint density at radius 2 is 1.49 bits per heavy atom. The number of aliphatic hydroxyl groups is 1. The molecule has 414 valence electrons. The van der Waals surface area contributed by atoms with E-state index in [2.05, 4.69) is 46.9 Å². The second-order valence-corrected chi connectivity index (χ2v) is 24.1. The van der Waals surface area contributed by atoms with E-state index in [0.29, 0.717) is 67.9 Å². The average molecular weight is 1200 g/mol. The molecule has 0 saturated heterocycles. The lowest BCUT2D eigenvalue weighted by molar-refractivity contribution is -0.138. The minimum absolute atomic E-state index is 0.00173. The number of aliphatic carboxylic acids is 1. The number of hydrogen-bond acceptors (Lipinski definition) is 22. The van der Waals surface area contributed by atoms with Crippen LogP contribution < -0.4 is 31.9 Å². The maximum absolute atomic E-state index is 14.2. The van der Waals surface area contributed by atoms with Gasteiger partial charge in [0.25, 0.3) is 17.7 Å². The van der Waals surface area contributed by atoms with Gasteiger partial charge in [-0.2, -0.15) is 0 Å². The van der Waals surface area contributed by atoms with Crippen LogP contribution in [0, 0.1) is 12.8 Å². The van der Waals surface area contributed by atoms with Crippen LogP contribution in [0.3, 0.4) is 0 Å². The summed E-state index contributed by atoms with van der Waals surface area (Å²) < 4.78 is 5.44. The third kappa shape index (κ3) is 13.2. The van der Waals surface area contributed by atoms with Crippen molar-refractivity contribution in [3.05, 3.63) is 112 Å². The third-order valence-corrected chi connectivity index (χ3v) is 18.0. The van der Waals surface area contributed by atoms with Crippen molar-refractivity contribution in [1.29, 1.82) is 0 Å². The van der Waals surface area contributed by atoms with E-state index in [1.54, 1.807) is 71.7 Å². The first-order chi connectivity index (χ1) is 38.5. The number of nitrogens with one attached hydrogen (secondary N) is 6. The zero-order chi connectivity index (χ0) is 56.8. The van der Waals surface area contributed by atoms with Gasteiger partial charge in [-0.05, 0) is 30.5 Å². The molecule has 4 atom stereocenters. The summed E-state index contributed by atoms with van der Waals surface area (Å²) in [6.07, 6.45) is -0.497. The molecular weight excluding hydrogens is 1150 g/mol. The number of thiazole rings is 6. The largest absolute Gasteiger partial charge is 0.481 e. The number of carbonyl (C=O) groups is 7. The molecule has 0 saturated carbocycles. The number of anilines is 1. The number of hydrogen-bond donors (Lipinski definition) is 8. The van der Waals surface area contributed by atoms with Gasteiger partial charge in [0.2, 0.25) is 17.7 Å². The van der Waals surface area contributed by atoms with Crippen molar-refractivity contribution in [2.24, 2.45) is 5.92 Å². The van der Waals surface area contributed by atoms with Gasteiger partial charge < -0.3 is 46.9 Å². The summed E-state index contributed by atoms with van der Waals surface area (Å²) in [5.74, 6) is -4.59. The van der Waals surface area contributed by atoms with Gasteiger partial charge in [-0.1, -0.05) is 44.2 Å². The summed E-state index contributed by atoms with van der Waals surface area (Å²) >= 11 is 7.07. The Morgan fingerprint density at radius 1 is 0.725 bits per heavy atom. The number of carboxylic acid groups (broad SMARTS) is 1. The molecule has 0 aliphatic carbocycles. The Labute approximate surface area is 479 Å². The molecule has 1 aliphatic heterocycles. The van der Waals surface area contributed by atoms with Crippen LogP contribution in [0.1, 0.15) is 119 Å². The molecule has 0 spiro atoms. The number of fused-ring (bicyclic) bond motifs is 14. The lowest BCUT2D eigenvalue weighted by atomic mass is 10.0. The minimum atomic E-state index is -1.28. The Bertz CT molecular complexity index is 3620. The van der Waals surface area contributed by atoms with E-state index in [4.69, 9.17) is 29.8 Å². The Kier molecular flexibility index (Phi) is 18.0. The topological polar surface area (TPSA) is 332 Å². The molecule has 6 amide bonds. The molecule has 1 aromatic carbocycles. The fourth-order valence-corrected chi connectivity index (χ4v) is 13.7. The van der Waals surface area contributed by atoms with Crippen LogP contribution in [0.4, 0.5) is 5.82 Å². The molecule has 23 nitrogen and oxygen atoms in total. The maximum atomic E-state index is 14.2. The standard InChI is InChI=1S/C51H49N13O10S6/c1-22(2)37-51-64-40(31(80-51)18-74-5)44(72)53-17-35(67)61-41(42(70)24-9-7-6-8-10-24)50-58-29(20-76-50)47-54-16-30(79-47)39-25(11-12-26(55-39)48-60-32(21-77-48)59-33(65)13-14-36(68)69)46-57-28(19-75-46)43(71)56-27(15-34(66)52-4)49-63-38(23(3)78-49)45(73)62-37/h6-12,16,19-22,27,37,41-42,70H,13-15,17-18H2,1-5H3,(H,52,66)(H,53,72)(H,56,71)(H,59,65)(H,61,67)(H,62,73)(H,68,69)/t27-,37-,41-,42-/m0/s1. The smallest absolute Gasteiger partial charge is 0.303 e. The highest BCUT2D eigenvalue weighted by Gasteiger charge is 2.33. The average Bonchev–Trinajstić information content (AvgIpc) is 4.33. The van der Waals surface area contributed by atoms with Crippen LogP contribution in [-0.4, -0.2) is 107 Å². The quantitative estimate of drug-likeness (QED) is 0.0604. The van der Waals surface area contributed by atoms with Crippen molar-refractivity contribution >= 4 is 115 Å². The lowest BCUT2D eigenvalue weighted by Crippen LogP contribution is -2.40. The van der Waals surface area contributed by atoms with Gasteiger partial charge in [-0.15, -0.1) is 68.0 Å². The summed E-state index contributed by atoms with van der Waals surface area (Å²) in [6, 6.07) is 9.39. The molecule has 8 aromatic rings. The highest BCUT2D eigenvalue weighted by molar-refractivity contribution is 7.19. The SMILES string of the molecule is CNC(=O)C[C@@H]1NC(=O)c2csc(n2)-c2ccc(-c3nc(NC(=O)CCC(=O)O)cs3)nc2-c2cnc(s2)-c2csc(n2)[C@H]([C@@H](O)c2ccccc2)NC(=O)CNC(=O)c2nc(sc2COC)[C@H](C(C)C)NC(=O)c2nc1sc2C. The summed E-state index contributed by atoms with van der Waals surface area (Å²) in [4.78, 5) is 128. The highest BCUT2D eigenvalue weighted by atomic mass is 32.1. The Morgan fingerprint density at radius 3 is 2.24 bits per heavy atom. The number of aliphatic hydroxyl groups excluding tert-OH is 1. The van der Waals surface area contributed by atoms with Crippen molar-refractivity contribution in [1.82, 2.24) is 61.5 Å². The normalized spacial score (nSPS) is 16.5. The molecule has 80 heavy (non-hydrogen) atoms. The number of carboxylic acids is 1. The molecule has 9 rings (SSSR count). The maximum Gasteiger partial charge on any atom is 0.303 e. The van der Waals surface area contributed by atoms with Crippen LogP contribution >= 0.6 is 68.0 Å². The fourth-order valence-electron chi connectivity index (χ4n) is 8.06. The van der Waals surface area contributed by atoms with Gasteiger partial charge in [0.1, 0.15) is 70.8 Å². The summed E-state index contributed by atoms with van der Waals surface area (Å²) in [7, 11) is 2.93. The number of methoxy groups -OCH3 is 1. The number of carbonyl (C=O) groups excluding carboxylic acids is 6. The van der Waals surface area contributed by atoms with Gasteiger partial charge in [0.15, 0.2) is 0 Å². The van der Waals surface area contributed by atoms with Crippen LogP contribution in [-0.2, 0) is 30.5 Å².